The molecule has 1 amide bonds. The van der Waals surface area contributed by atoms with Crippen LogP contribution in [0.5, 0.6) is 0 Å². The molecule has 0 bridgehead atoms. The number of nitrogens with zero attached hydrogens (tertiary/aromatic N) is 1. The van der Waals surface area contributed by atoms with Crippen molar-refractivity contribution in [1.29, 1.82) is 0 Å². The van der Waals surface area contributed by atoms with E-state index < -0.39 is 0 Å². The van der Waals surface area contributed by atoms with Crippen LogP contribution in [0.15, 0.2) is 24.3 Å². The Morgan fingerprint density at radius 2 is 2.18 bits per heavy atom. The second-order valence-electron chi connectivity index (χ2n) is 6.84. The van der Waals surface area contributed by atoms with Crippen LogP contribution in [0.2, 0.25) is 0 Å². The van der Waals surface area contributed by atoms with E-state index >= 15 is 0 Å². The summed E-state index contributed by atoms with van der Waals surface area (Å²) in [5.41, 5.74) is 6.64. The first kappa shape index (κ1) is 16.9. The fourth-order valence-electron chi connectivity index (χ4n) is 2.88. The third-order valence-electron chi connectivity index (χ3n) is 4.68. The lowest BCUT2D eigenvalue weighted by molar-refractivity contribution is -0.127. The van der Waals surface area contributed by atoms with Gasteiger partial charge in [0.15, 0.2) is 0 Å². The van der Waals surface area contributed by atoms with Gasteiger partial charge in [0, 0.05) is 31.2 Å². The summed E-state index contributed by atoms with van der Waals surface area (Å²) in [7, 11) is 0. The lowest BCUT2D eigenvalue weighted by atomic mass is 9.79. The first-order valence-electron chi connectivity index (χ1n) is 7.82. The molecule has 1 fully saturated rings. The van der Waals surface area contributed by atoms with E-state index in [2.05, 4.69) is 24.1 Å². The van der Waals surface area contributed by atoms with Gasteiger partial charge in [0.1, 0.15) is 5.82 Å². The van der Waals surface area contributed by atoms with E-state index in [1.54, 1.807) is 18.2 Å². The van der Waals surface area contributed by atoms with E-state index in [1.165, 1.54) is 6.07 Å². The molecule has 2 unspecified atom stereocenters. The highest BCUT2D eigenvalue weighted by Crippen LogP contribution is 2.28. The van der Waals surface area contributed by atoms with Gasteiger partial charge >= 0.3 is 0 Å². The van der Waals surface area contributed by atoms with Crippen molar-refractivity contribution in [2.24, 2.45) is 11.1 Å². The number of nitrogens with two attached hydrogens (primary N) is 1. The monoisotopic (exact) mass is 307 g/mol. The summed E-state index contributed by atoms with van der Waals surface area (Å²) >= 11 is 0. The number of carbonyl (C=O) groups is 1. The Kier molecular flexibility index (Phi) is 5.19. The standard InChI is InChI=1S/C17H26FN3O/c1-12(21-9-8-15(19)17(2,3)11-21)16(22)20-10-13-6-4-5-7-14(13)18/h4-7,12,15H,8-11,19H2,1-3H3,(H,20,22). The average molecular weight is 307 g/mol. The minimum Gasteiger partial charge on any atom is -0.351 e. The zero-order valence-electron chi connectivity index (χ0n) is 13.6. The molecule has 0 radical (unpaired) electrons. The summed E-state index contributed by atoms with van der Waals surface area (Å²) in [6.45, 7) is 7.99. The lowest BCUT2D eigenvalue weighted by Crippen LogP contribution is -2.57. The Morgan fingerprint density at radius 1 is 1.50 bits per heavy atom. The second-order valence-corrected chi connectivity index (χ2v) is 6.84. The molecular weight excluding hydrogens is 281 g/mol. The Hall–Kier alpha value is -1.46. The molecule has 2 atom stereocenters. The molecule has 4 nitrogen and oxygen atoms in total. The number of hydrogen-bond acceptors (Lipinski definition) is 3. The van der Waals surface area contributed by atoms with Gasteiger partial charge in [-0.05, 0) is 24.8 Å². The van der Waals surface area contributed by atoms with Gasteiger partial charge in [0.05, 0.1) is 6.04 Å². The topological polar surface area (TPSA) is 58.4 Å². The highest BCUT2D eigenvalue weighted by molar-refractivity contribution is 5.81. The number of amides is 1. The van der Waals surface area contributed by atoms with E-state index in [9.17, 15) is 9.18 Å². The van der Waals surface area contributed by atoms with E-state index in [1.807, 2.05) is 6.92 Å². The molecule has 0 aliphatic carbocycles. The summed E-state index contributed by atoms with van der Waals surface area (Å²) in [4.78, 5) is 14.5. The van der Waals surface area contributed by atoms with Gasteiger partial charge in [0.25, 0.3) is 0 Å². The number of halogens is 1. The van der Waals surface area contributed by atoms with Crippen molar-refractivity contribution in [3.05, 3.63) is 35.6 Å². The van der Waals surface area contributed by atoms with E-state index in [4.69, 9.17) is 5.73 Å². The fraction of sp³-hybridized carbons (Fsp3) is 0.588. The van der Waals surface area contributed by atoms with Crippen LogP contribution in [0.25, 0.3) is 0 Å². The Balaban J connectivity index is 1.91. The van der Waals surface area contributed by atoms with Crippen molar-refractivity contribution in [1.82, 2.24) is 10.2 Å². The largest absolute Gasteiger partial charge is 0.351 e. The molecule has 22 heavy (non-hydrogen) atoms. The van der Waals surface area contributed by atoms with E-state index in [0.29, 0.717) is 5.56 Å². The van der Waals surface area contributed by atoms with Gasteiger partial charge in [-0.15, -0.1) is 0 Å². The molecule has 3 N–H and O–H groups in total. The molecule has 1 aromatic carbocycles. The summed E-state index contributed by atoms with van der Waals surface area (Å²) in [6, 6.07) is 6.42. The predicted molar refractivity (Wildman–Crippen MR) is 85.7 cm³/mol. The smallest absolute Gasteiger partial charge is 0.237 e. The number of carbonyl (C=O) groups excluding carboxylic acids is 1. The van der Waals surface area contributed by atoms with Crippen molar-refractivity contribution >= 4 is 5.91 Å². The van der Waals surface area contributed by atoms with Crippen molar-refractivity contribution < 1.29 is 9.18 Å². The number of rotatable bonds is 4. The molecule has 0 saturated carbocycles. The second kappa shape index (κ2) is 6.75. The van der Waals surface area contributed by atoms with Crippen LogP contribution >= 0.6 is 0 Å². The van der Waals surface area contributed by atoms with Crippen LogP contribution in [0.1, 0.15) is 32.8 Å². The molecule has 5 heteroatoms. The van der Waals surface area contributed by atoms with Crippen molar-refractivity contribution in [2.75, 3.05) is 13.1 Å². The van der Waals surface area contributed by atoms with Crippen LogP contribution in [-0.2, 0) is 11.3 Å². The Morgan fingerprint density at radius 3 is 2.82 bits per heavy atom. The maximum absolute atomic E-state index is 13.6. The normalized spacial score (nSPS) is 23.0. The minimum absolute atomic E-state index is 0.00166. The van der Waals surface area contributed by atoms with Gasteiger partial charge in [0.2, 0.25) is 5.91 Å². The van der Waals surface area contributed by atoms with E-state index in [-0.39, 0.29) is 35.8 Å². The van der Waals surface area contributed by atoms with E-state index in [0.717, 1.165) is 19.5 Å². The summed E-state index contributed by atoms with van der Waals surface area (Å²) in [6.07, 6.45) is 0.887. The molecule has 122 valence electrons. The maximum Gasteiger partial charge on any atom is 0.237 e. The summed E-state index contributed by atoms with van der Waals surface area (Å²) in [5.74, 6) is -0.366. The summed E-state index contributed by atoms with van der Waals surface area (Å²) in [5, 5.41) is 2.82. The first-order chi connectivity index (χ1) is 10.3. The SMILES string of the molecule is CC(C(=O)NCc1ccccc1F)N1CCC(N)C(C)(C)C1. The third-order valence-corrected chi connectivity index (χ3v) is 4.68. The summed E-state index contributed by atoms with van der Waals surface area (Å²) < 4.78 is 13.6. The number of piperidine rings is 1. The van der Waals surface area contributed by atoms with Crippen LogP contribution in [0.3, 0.4) is 0 Å². The number of hydrogen-bond donors (Lipinski definition) is 2. The van der Waals surface area contributed by atoms with Crippen LogP contribution in [-0.4, -0.2) is 36.0 Å². The fourth-order valence-corrected chi connectivity index (χ4v) is 2.88. The molecule has 0 spiro atoms. The van der Waals surface area contributed by atoms with Crippen LogP contribution < -0.4 is 11.1 Å². The molecule has 1 heterocycles. The van der Waals surface area contributed by atoms with Crippen molar-refractivity contribution in [3.63, 3.8) is 0 Å². The van der Waals surface area contributed by atoms with Crippen molar-refractivity contribution in [3.8, 4) is 0 Å². The molecule has 1 aromatic rings. The molecule has 1 saturated heterocycles. The number of likely N-dealkylation sites (tertiary alicyclic amines) is 1. The average Bonchev–Trinajstić information content (AvgIpc) is 2.48. The lowest BCUT2D eigenvalue weighted by Gasteiger charge is -2.44. The Bertz CT molecular complexity index is 532. The Labute approximate surface area is 131 Å². The highest BCUT2D eigenvalue weighted by atomic mass is 19.1. The van der Waals surface area contributed by atoms with Gasteiger partial charge < -0.3 is 11.1 Å². The minimum atomic E-state index is -0.291. The van der Waals surface area contributed by atoms with Gasteiger partial charge in [-0.2, -0.15) is 0 Å². The van der Waals surface area contributed by atoms with Gasteiger partial charge in [-0.25, -0.2) is 4.39 Å². The predicted octanol–water partition coefficient (Wildman–Crippen LogP) is 1.89. The quantitative estimate of drug-likeness (QED) is 0.893. The first-order valence-corrected chi connectivity index (χ1v) is 7.82. The molecule has 2 rings (SSSR count). The highest BCUT2D eigenvalue weighted by Gasteiger charge is 2.36. The van der Waals surface area contributed by atoms with Crippen LogP contribution in [0.4, 0.5) is 4.39 Å². The van der Waals surface area contributed by atoms with Gasteiger partial charge in [-0.3, -0.25) is 9.69 Å². The van der Waals surface area contributed by atoms with Crippen molar-refractivity contribution in [2.45, 2.75) is 45.8 Å². The number of nitrogens with one attached hydrogen (secondary N) is 1. The molecular formula is C17H26FN3O. The van der Waals surface area contributed by atoms with Gasteiger partial charge in [-0.1, -0.05) is 32.0 Å². The third kappa shape index (κ3) is 3.84. The van der Waals surface area contributed by atoms with Crippen LogP contribution in [0, 0.1) is 11.2 Å². The molecule has 0 aromatic heterocycles. The number of benzene rings is 1. The zero-order valence-corrected chi connectivity index (χ0v) is 13.6. The molecule has 1 aliphatic heterocycles. The maximum atomic E-state index is 13.6. The molecule has 1 aliphatic rings. The zero-order chi connectivity index (χ0) is 16.3.